The number of hydrogen-bond donors (Lipinski definition) is 2. The molecule has 0 radical (unpaired) electrons. The Balaban J connectivity index is 1.26. The van der Waals surface area contributed by atoms with Crippen LogP contribution >= 0.6 is 0 Å². The third-order valence-electron chi connectivity index (χ3n) is 5.67. The molecule has 0 aliphatic carbocycles. The number of benzene rings is 3. The Morgan fingerprint density at radius 3 is 2.32 bits per heavy atom. The van der Waals surface area contributed by atoms with Crippen LogP contribution in [0.4, 0.5) is 10.5 Å². The smallest absolute Gasteiger partial charge is 0.319 e. The first-order valence-corrected chi connectivity index (χ1v) is 10.6. The van der Waals surface area contributed by atoms with Crippen LogP contribution in [0.1, 0.15) is 24.0 Å². The Morgan fingerprint density at radius 2 is 1.61 bits per heavy atom. The van der Waals surface area contributed by atoms with E-state index in [0.717, 1.165) is 49.3 Å². The first-order valence-electron chi connectivity index (χ1n) is 10.6. The molecular weight excluding hydrogens is 384 g/mol. The van der Waals surface area contributed by atoms with Crippen molar-refractivity contribution in [3.05, 3.63) is 90.0 Å². The molecule has 1 aliphatic rings. The van der Waals surface area contributed by atoms with E-state index in [1.54, 1.807) is 0 Å². The van der Waals surface area contributed by atoms with Crippen molar-refractivity contribution >= 4 is 11.7 Å². The van der Waals surface area contributed by atoms with E-state index in [0.29, 0.717) is 5.56 Å². The van der Waals surface area contributed by atoms with Gasteiger partial charge in [-0.15, -0.1) is 0 Å². The molecule has 3 aromatic carbocycles. The number of likely N-dealkylation sites (tertiary alicyclic amines) is 1. The summed E-state index contributed by atoms with van der Waals surface area (Å²) in [5.74, 6) is 0. The molecule has 1 aliphatic heterocycles. The lowest BCUT2D eigenvalue weighted by Crippen LogP contribution is -2.45. The van der Waals surface area contributed by atoms with Gasteiger partial charge in [0.25, 0.3) is 0 Å². The van der Waals surface area contributed by atoms with E-state index in [2.05, 4.69) is 45.9 Å². The van der Waals surface area contributed by atoms with Gasteiger partial charge in [-0.25, -0.2) is 4.79 Å². The van der Waals surface area contributed by atoms with Crippen molar-refractivity contribution in [1.82, 2.24) is 10.2 Å². The molecule has 156 valence electrons. The van der Waals surface area contributed by atoms with E-state index >= 15 is 0 Å². The summed E-state index contributed by atoms with van der Waals surface area (Å²) in [6.07, 6.45) is 1.88. The van der Waals surface area contributed by atoms with Crippen molar-refractivity contribution in [2.45, 2.75) is 25.4 Å². The van der Waals surface area contributed by atoms with Crippen LogP contribution in [0.15, 0.2) is 78.9 Å². The molecule has 1 heterocycles. The highest BCUT2D eigenvalue weighted by Crippen LogP contribution is 2.24. The van der Waals surface area contributed by atoms with Crippen LogP contribution in [-0.4, -0.2) is 30.1 Å². The Morgan fingerprint density at radius 1 is 0.935 bits per heavy atom. The van der Waals surface area contributed by atoms with Gasteiger partial charge in [-0.3, -0.25) is 4.90 Å². The lowest BCUT2D eigenvalue weighted by molar-refractivity contribution is 0.190. The van der Waals surface area contributed by atoms with Crippen LogP contribution in [0, 0.1) is 11.3 Å². The zero-order valence-electron chi connectivity index (χ0n) is 17.4. The Hall–Kier alpha value is -3.62. The molecule has 0 aromatic heterocycles. The van der Waals surface area contributed by atoms with Gasteiger partial charge in [0, 0.05) is 31.4 Å². The van der Waals surface area contributed by atoms with Crippen LogP contribution in [-0.2, 0) is 6.54 Å². The van der Waals surface area contributed by atoms with Crippen molar-refractivity contribution in [1.29, 1.82) is 5.26 Å². The van der Waals surface area contributed by atoms with Gasteiger partial charge in [-0.1, -0.05) is 60.7 Å². The van der Waals surface area contributed by atoms with Crippen molar-refractivity contribution in [2.75, 3.05) is 18.4 Å². The maximum atomic E-state index is 12.2. The maximum Gasteiger partial charge on any atom is 0.319 e. The molecule has 4 rings (SSSR count). The van der Waals surface area contributed by atoms with Crippen LogP contribution in [0.3, 0.4) is 0 Å². The molecular formula is C26H26N4O. The summed E-state index contributed by atoms with van der Waals surface area (Å²) < 4.78 is 0. The third-order valence-corrected chi connectivity index (χ3v) is 5.67. The summed E-state index contributed by atoms with van der Waals surface area (Å²) in [7, 11) is 0. The maximum absolute atomic E-state index is 12.2. The lowest BCUT2D eigenvalue weighted by atomic mass is 9.99. The fourth-order valence-electron chi connectivity index (χ4n) is 3.99. The monoisotopic (exact) mass is 410 g/mol. The van der Waals surface area contributed by atoms with Gasteiger partial charge in [0.1, 0.15) is 0 Å². The summed E-state index contributed by atoms with van der Waals surface area (Å²) in [5, 5.41) is 15.3. The fraction of sp³-hybridized carbons (Fsp3) is 0.231. The van der Waals surface area contributed by atoms with E-state index in [-0.39, 0.29) is 12.1 Å². The van der Waals surface area contributed by atoms with E-state index < -0.39 is 0 Å². The van der Waals surface area contributed by atoms with Crippen LogP contribution < -0.4 is 10.6 Å². The normalized spacial score (nSPS) is 14.5. The number of nitriles is 1. The van der Waals surface area contributed by atoms with Crippen LogP contribution in [0.5, 0.6) is 0 Å². The summed E-state index contributed by atoms with van der Waals surface area (Å²) in [6.45, 7) is 2.80. The number of carbonyl (C=O) groups is 1. The summed E-state index contributed by atoms with van der Waals surface area (Å²) >= 11 is 0. The van der Waals surface area contributed by atoms with Crippen molar-refractivity contribution in [3.63, 3.8) is 0 Å². The zero-order valence-corrected chi connectivity index (χ0v) is 17.4. The molecule has 31 heavy (non-hydrogen) atoms. The average Bonchev–Trinajstić information content (AvgIpc) is 2.81. The Kier molecular flexibility index (Phi) is 6.61. The van der Waals surface area contributed by atoms with Gasteiger partial charge in [0.2, 0.25) is 0 Å². The standard InChI is InChI=1S/C26H26N4O/c27-18-22-6-4-5-9-25(22)21-12-10-20(11-13-21)19-30-16-14-24(15-17-30)29-26(31)28-23-7-2-1-3-8-23/h1-13,24H,14-17,19H2,(H2,28,29,31). The second-order valence-electron chi connectivity index (χ2n) is 7.87. The van der Waals surface area contributed by atoms with Gasteiger partial charge >= 0.3 is 6.03 Å². The van der Waals surface area contributed by atoms with Crippen molar-refractivity contribution < 1.29 is 4.79 Å². The fourth-order valence-corrected chi connectivity index (χ4v) is 3.99. The Labute approximate surface area is 183 Å². The lowest BCUT2D eigenvalue weighted by Gasteiger charge is -2.32. The summed E-state index contributed by atoms with van der Waals surface area (Å²) in [6, 6.07) is 28.0. The van der Waals surface area contributed by atoms with Crippen LogP contribution in [0.25, 0.3) is 11.1 Å². The molecule has 2 N–H and O–H groups in total. The highest BCUT2D eigenvalue weighted by molar-refractivity contribution is 5.89. The molecule has 2 amide bonds. The predicted molar refractivity (Wildman–Crippen MR) is 123 cm³/mol. The minimum atomic E-state index is -0.141. The van der Waals surface area contributed by atoms with E-state index in [9.17, 15) is 10.1 Å². The van der Waals surface area contributed by atoms with Crippen molar-refractivity contribution in [2.24, 2.45) is 0 Å². The van der Waals surface area contributed by atoms with E-state index in [4.69, 9.17) is 0 Å². The highest BCUT2D eigenvalue weighted by atomic mass is 16.2. The quantitative estimate of drug-likeness (QED) is 0.621. The molecule has 1 fully saturated rings. The zero-order chi connectivity index (χ0) is 21.5. The number of para-hydroxylation sites is 1. The number of anilines is 1. The topological polar surface area (TPSA) is 68.2 Å². The number of urea groups is 1. The predicted octanol–water partition coefficient (Wildman–Crippen LogP) is 5.01. The largest absolute Gasteiger partial charge is 0.335 e. The minimum absolute atomic E-state index is 0.141. The number of carbonyl (C=O) groups excluding carboxylic acids is 1. The molecule has 0 atom stereocenters. The van der Waals surface area contributed by atoms with Gasteiger partial charge in [0.15, 0.2) is 0 Å². The molecule has 3 aromatic rings. The highest BCUT2D eigenvalue weighted by Gasteiger charge is 2.20. The number of piperidine rings is 1. The molecule has 5 nitrogen and oxygen atoms in total. The molecule has 0 saturated carbocycles. The number of nitrogens with zero attached hydrogens (tertiary/aromatic N) is 2. The Bertz CT molecular complexity index is 1050. The molecule has 0 bridgehead atoms. The second kappa shape index (κ2) is 9.92. The first kappa shape index (κ1) is 20.6. The van der Waals surface area contributed by atoms with Crippen molar-refractivity contribution in [3.8, 4) is 17.2 Å². The first-order chi connectivity index (χ1) is 15.2. The number of amides is 2. The van der Waals surface area contributed by atoms with E-state index in [1.807, 2.05) is 54.6 Å². The third kappa shape index (κ3) is 5.50. The molecule has 0 spiro atoms. The SMILES string of the molecule is N#Cc1ccccc1-c1ccc(CN2CCC(NC(=O)Nc3ccccc3)CC2)cc1. The average molecular weight is 411 g/mol. The van der Waals surface area contributed by atoms with E-state index in [1.165, 1.54) is 5.56 Å². The van der Waals surface area contributed by atoms with Gasteiger partial charge in [-0.05, 0) is 47.7 Å². The van der Waals surface area contributed by atoms with Gasteiger partial charge in [0.05, 0.1) is 11.6 Å². The van der Waals surface area contributed by atoms with Gasteiger partial charge in [-0.2, -0.15) is 5.26 Å². The van der Waals surface area contributed by atoms with Crippen LogP contribution in [0.2, 0.25) is 0 Å². The number of nitrogens with one attached hydrogen (secondary N) is 2. The summed E-state index contributed by atoms with van der Waals surface area (Å²) in [5.41, 5.74) is 4.79. The number of hydrogen-bond acceptors (Lipinski definition) is 3. The van der Waals surface area contributed by atoms with Gasteiger partial charge < -0.3 is 10.6 Å². The molecule has 0 unspecified atom stereocenters. The second-order valence-corrected chi connectivity index (χ2v) is 7.87. The summed E-state index contributed by atoms with van der Waals surface area (Å²) in [4.78, 5) is 14.6. The molecule has 1 saturated heterocycles. The molecule has 5 heteroatoms. The number of rotatable bonds is 5. The minimum Gasteiger partial charge on any atom is -0.335 e.